The molecular formula is C76H86N4O4+4. The Morgan fingerprint density at radius 2 is 0.560 bits per heavy atom. The van der Waals surface area contributed by atoms with Crippen LogP contribution in [0.3, 0.4) is 0 Å². The fourth-order valence-electron chi connectivity index (χ4n) is 11.8. The lowest BCUT2D eigenvalue weighted by Gasteiger charge is -2.28. The van der Waals surface area contributed by atoms with Crippen LogP contribution in [0, 0.1) is 0 Å². The van der Waals surface area contributed by atoms with Gasteiger partial charge in [-0.25, -0.2) is 9.13 Å². The number of pyridine rings is 4. The van der Waals surface area contributed by atoms with E-state index in [1.165, 1.54) is 11.1 Å². The number of aromatic hydroxyl groups is 2. The molecule has 8 nitrogen and oxygen atoms in total. The van der Waals surface area contributed by atoms with Crippen molar-refractivity contribution in [1.29, 1.82) is 0 Å². The van der Waals surface area contributed by atoms with Crippen LogP contribution >= 0.6 is 0 Å². The van der Waals surface area contributed by atoms with E-state index in [4.69, 9.17) is 9.47 Å². The summed E-state index contributed by atoms with van der Waals surface area (Å²) < 4.78 is 23.1. The van der Waals surface area contributed by atoms with Crippen LogP contribution in [-0.2, 0) is 60.4 Å². The predicted molar refractivity (Wildman–Crippen MR) is 336 cm³/mol. The van der Waals surface area contributed by atoms with E-state index in [-0.39, 0.29) is 21.7 Å². The fraction of sp³-hybridized carbons (Fsp3) is 0.342. The Hall–Kier alpha value is -8.10. The summed E-state index contributed by atoms with van der Waals surface area (Å²) in [5.41, 5.74) is 18.2. The average Bonchev–Trinajstić information content (AvgIpc) is 3.50. The molecule has 0 saturated heterocycles. The van der Waals surface area contributed by atoms with Crippen molar-refractivity contribution in [3.05, 3.63) is 238 Å². The maximum absolute atomic E-state index is 12.9. The van der Waals surface area contributed by atoms with Gasteiger partial charge in [-0.05, 0) is 111 Å². The van der Waals surface area contributed by atoms with E-state index in [0.29, 0.717) is 50.4 Å². The van der Waals surface area contributed by atoms with Crippen LogP contribution in [0.25, 0.3) is 33.6 Å². The van der Waals surface area contributed by atoms with Gasteiger partial charge in [0.1, 0.15) is 23.0 Å². The zero-order chi connectivity index (χ0) is 59.3. The normalized spacial score (nSPS) is 14.2. The van der Waals surface area contributed by atoms with E-state index in [0.717, 1.165) is 127 Å². The Balaban J connectivity index is 1.06. The molecule has 15 heterocycles. The first-order valence-corrected chi connectivity index (χ1v) is 30.3. The third-order valence-electron chi connectivity index (χ3n) is 17.2. The summed E-state index contributed by atoms with van der Waals surface area (Å²) >= 11 is 0. The molecule has 0 radical (unpaired) electrons. The zero-order valence-corrected chi connectivity index (χ0v) is 51.7. The third-order valence-corrected chi connectivity index (χ3v) is 17.2. The first-order chi connectivity index (χ1) is 39.9. The summed E-state index contributed by atoms with van der Waals surface area (Å²) in [6, 6.07) is 44.2. The molecule has 0 amide bonds. The van der Waals surface area contributed by atoms with E-state index in [9.17, 15) is 10.2 Å². The highest BCUT2D eigenvalue weighted by Gasteiger charge is 2.29. The van der Waals surface area contributed by atoms with Crippen LogP contribution < -0.4 is 27.7 Å². The van der Waals surface area contributed by atoms with Crippen LogP contribution in [0.1, 0.15) is 163 Å². The van der Waals surface area contributed by atoms with Crippen LogP contribution in [0.15, 0.2) is 171 Å². The third kappa shape index (κ3) is 12.7. The summed E-state index contributed by atoms with van der Waals surface area (Å²) in [6.07, 6.45) is 20.5. The van der Waals surface area contributed by atoms with Crippen molar-refractivity contribution in [1.82, 2.24) is 0 Å². The second-order valence-corrected chi connectivity index (χ2v) is 27.8. The van der Waals surface area contributed by atoms with Crippen molar-refractivity contribution in [3.63, 3.8) is 0 Å². The van der Waals surface area contributed by atoms with Crippen molar-refractivity contribution in [2.24, 2.45) is 0 Å². The lowest BCUT2D eigenvalue weighted by Crippen LogP contribution is -2.33. The Morgan fingerprint density at radius 1 is 0.321 bits per heavy atom. The summed E-state index contributed by atoms with van der Waals surface area (Å²) in [6.45, 7) is 29.6. The van der Waals surface area contributed by atoms with Gasteiger partial charge in [-0.2, -0.15) is 9.13 Å². The van der Waals surface area contributed by atoms with Gasteiger partial charge in [0.15, 0.2) is 62.7 Å². The average molecular weight is 1120 g/mol. The maximum atomic E-state index is 12.9. The predicted octanol–water partition coefficient (Wildman–Crippen LogP) is 14.7. The highest BCUT2D eigenvalue weighted by molar-refractivity contribution is 5.63. The van der Waals surface area contributed by atoms with Crippen LogP contribution in [-0.4, -0.2) is 23.4 Å². The maximum Gasteiger partial charge on any atom is 0.211 e. The first-order valence-electron chi connectivity index (χ1n) is 30.3. The number of hydrogen-bond donors (Lipinski definition) is 2. The molecule has 0 saturated carbocycles. The number of aryl methyl sites for hydroxylation is 2. The summed E-state index contributed by atoms with van der Waals surface area (Å²) in [7, 11) is 0. The summed E-state index contributed by atoms with van der Waals surface area (Å²) in [5, 5.41) is 25.8. The molecule has 11 aliphatic heterocycles. The van der Waals surface area contributed by atoms with Gasteiger partial charge in [0, 0.05) is 111 Å². The molecule has 1 aliphatic carbocycles. The standard InChI is InChI=1S/C76H84N4O4/c1-73(2,3)63-43-55-39-59-47-65(75(7,8)9)49-61-41-57-45-64(74(4,5)6)46-58(70(57)82)42-62-50-66(76(10,11)12)48-60(40-56(44-63)69(55)81)72(62)84-38-14-28-78-31-21-52(22-32-78)54-25-35-80(36-26-54)68-17-15-67(16-18-68)79-33-23-53(24-34-79)51-19-29-77(30-20-51)27-13-37-83-71(59)61/h15-26,29-36,43-50H,13-14,27-28,37-42H2,1-12H3/q+2/p+2. The molecule has 0 unspecified atom stereocenters. The molecule has 4 aromatic heterocycles. The number of hydrogen-bond acceptors (Lipinski definition) is 4. The quantitative estimate of drug-likeness (QED) is 0.148. The van der Waals surface area contributed by atoms with E-state index in [1.54, 1.807) is 0 Å². The largest absolute Gasteiger partial charge is 0.507 e. The molecule has 2 N–H and O–H groups in total. The van der Waals surface area contributed by atoms with Crippen molar-refractivity contribution < 1.29 is 38.0 Å². The van der Waals surface area contributed by atoms with Gasteiger partial charge in [-0.3, -0.25) is 0 Å². The Bertz CT molecular complexity index is 3500. The lowest BCUT2D eigenvalue weighted by atomic mass is 9.79. The topological polar surface area (TPSA) is 74.4 Å². The second-order valence-electron chi connectivity index (χ2n) is 27.8. The second kappa shape index (κ2) is 22.8. The number of rotatable bonds is 0. The van der Waals surface area contributed by atoms with Crippen molar-refractivity contribution in [2.75, 3.05) is 13.2 Å². The lowest BCUT2D eigenvalue weighted by molar-refractivity contribution is -0.697. The van der Waals surface area contributed by atoms with Crippen molar-refractivity contribution >= 4 is 0 Å². The molecule has 0 fully saturated rings. The Labute approximate surface area is 499 Å². The monoisotopic (exact) mass is 1120 g/mol. The van der Waals surface area contributed by atoms with Crippen LogP contribution in [0.5, 0.6) is 23.0 Å². The molecule has 21 rings (SSSR count). The van der Waals surface area contributed by atoms with Gasteiger partial charge in [-0.15, -0.1) is 0 Å². The number of fused-ring (bicyclic) bond motifs is 1. The molecule has 430 valence electrons. The molecule has 5 aromatic carbocycles. The minimum Gasteiger partial charge on any atom is -0.507 e. The molecule has 0 atom stereocenters. The van der Waals surface area contributed by atoms with Gasteiger partial charge >= 0.3 is 0 Å². The minimum absolute atomic E-state index is 0.203. The number of aromatic nitrogens is 4. The molecule has 9 aromatic rings. The number of benzene rings is 5. The molecule has 0 spiro atoms. The number of phenolic OH excluding ortho intramolecular Hbond substituents is 2. The van der Waals surface area contributed by atoms with Gasteiger partial charge in [0.25, 0.3) is 0 Å². The van der Waals surface area contributed by atoms with Gasteiger partial charge in [0.2, 0.25) is 11.4 Å². The fourth-order valence-corrected chi connectivity index (χ4v) is 11.8. The minimum atomic E-state index is -0.211. The number of ether oxygens (including phenoxy) is 2. The zero-order valence-electron chi connectivity index (χ0n) is 51.7. The SMILES string of the molecule is CC(C)(C)c1cc2c(O)c(c1)Cc1cc(C(C)(C)C)cc3c1OCCC[n+]1ccc(cc1)-c1cc[n+](cc1)-c1ccc(cc1)-[n+]1ccc(cc1)-c1cc[n+](cc1)CCCOc1c(cc(C(C)(C)C)cc1Cc1cc(C(C)(C)C)cc(c1O)C3)C2. The van der Waals surface area contributed by atoms with E-state index in [2.05, 4.69) is 272 Å². The van der Waals surface area contributed by atoms with Crippen LogP contribution in [0.2, 0.25) is 0 Å². The summed E-state index contributed by atoms with van der Waals surface area (Å²) in [4.78, 5) is 0. The van der Waals surface area contributed by atoms with E-state index < -0.39 is 0 Å². The van der Waals surface area contributed by atoms with Crippen molar-refractivity contribution in [3.8, 4) is 56.6 Å². The smallest absolute Gasteiger partial charge is 0.211 e. The molecule has 8 heteroatoms. The number of nitrogens with zero attached hydrogens (tertiary/aromatic N) is 4. The van der Waals surface area contributed by atoms with Gasteiger partial charge in [0.05, 0.1) is 13.2 Å². The van der Waals surface area contributed by atoms with E-state index >= 15 is 0 Å². The summed E-state index contributed by atoms with van der Waals surface area (Å²) in [5.74, 6) is 2.24. The van der Waals surface area contributed by atoms with Crippen LogP contribution in [0.4, 0.5) is 0 Å². The molecule has 84 heavy (non-hydrogen) atoms. The highest BCUT2D eigenvalue weighted by Crippen LogP contribution is 2.44. The molecular weight excluding hydrogens is 1030 g/mol. The van der Waals surface area contributed by atoms with E-state index in [1.807, 2.05) is 0 Å². The van der Waals surface area contributed by atoms with Crippen molar-refractivity contribution in [2.45, 2.75) is 156 Å². The number of phenols is 2. The Kier molecular flexibility index (Phi) is 15.7. The molecule has 12 aliphatic rings. The Morgan fingerprint density at radius 3 is 0.810 bits per heavy atom. The van der Waals surface area contributed by atoms with Gasteiger partial charge < -0.3 is 19.7 Å². The van der Waals surface area contributed by atoms with Gasteiger partial charge in [-0.1, -0.05) is 132 Å². The molecule has 20 bridgehead atoms. The highest BCUT2D eigenvalue weighted by atomic mass is 16.5. The first kappa shape index (κ1) is 57.7.